The minimum atomic E-state index is -0.636. The van der Waals surface area contributed by atoms with Crippen LogP contribution in [0.2, 0.25) is 5.02 Å². The van der Waals surface area contributed by atoms with Crippen LogP contribution in [0.4, 0.5) is 4.39 Å². The Morgan fingerprint density at radius 3 is 2.75 bits per heavy atom. The van der Waals surface area contributed by atoms with Crippen LogP contribution >= 0.6 is 11.6 Å². The van der Waals surface area contributed by atoms with E-state index >= 15 is 0 Å². The van der Waals surface area contributed by atoms with Gasteiger partial charge in [0.05, 0.1) is 5.02 Å². The average Bonchev–Trinajstić information content (AvgIpc) is 3.14. The van der Waals surface area contributed by atoms with Crippen LogP contribution in [0.25, 0.3) is 6.08 Å². The summed E-state index contributed by atoms with van der Waals surface area (Å²) < 4.78 is 28.9. The molecule has 0 saturated heterocycles. The zero-order chi connectivity index (χ0) is 16.7. The zero-order valence-corrected chi connectivity index (χ0v) is 12.8. The van der Waals surface area contributed by atoms with Gasteiger partial charge in [0.1, 0.15) is 5.82 Å². The molecule has 120 valence electrons. The molecule has 2 aromatic carbocycles. The molecule has 0 amide bonds. The van der Waals surface area contributed by atoms with Crippen LogP contribution in [-0.4, -0.2) is 18.7 Å². The zero-order valence-electron chi connectivity index (χ0n) is 12.1. The molecule has 0 bridgehead atoms. The first-order valence-corrected chi connectivity index (χ1v) is 7.35. The molecule has 0 N–H and O–H groups in total. The van der Waals surface area contributed by atoms with Crippen molar-refractivity contribution < 1.29 is 23.4 Å². The monoisotopic (exact) mass is 345 g/mol. The topological polar surface area (TPSA) is 57.1 Å². The summed E-state index contributed by atoms with van der Waals surface area (Å²) in [6.45, 7) is 0.121. The van der Waals surface area contributed by atoms with E-state index in [2.05, 4.69) is 4.99 Å². The van der Waals surface area contributed by atoms with Crippen molar-refractivity contribution in [1.82, 2.24) is 0 Å². The number of fused-ring (bicyclic) bond motifs is 1. The summed E-state index contributed by atoms with van der Waals surface area (Å²) in [6, 6.07) is 8.91. The second-order valence-corrected chi connectivity index (χ2v) is 5.48. The summed E-state index contributed by atoms with van der Waals surface area (Å²) in [5.74, 6) is 0.0418. The number of ether oxygens (including phenoxy) is 3. The van der Waals surface area contributed by atoms with Crippen molar-refractivity contribution in [3.63, 3.8) is 0 Å². The van der Waals surface area contributed by atoms with E-state index in [0.717, 1.165) is 0 Å². The van der Waals surface area contributed by atoms with Gasteiger partial charge in [0.25, 0.3) is 0 Å². The molecular weight excluding hydrogens is 337 g/mol. The molecule has 4 rings (SSSR count). The Morgan fingerprint density at radius 1 is 1.17 bits per heavy atom. The van der Waals surface area contributed by atoms with Crippen LogP contribution in [0, 0.1) is 5.82 Å². The quantitative estimate of drug-likeness (QED) is 0.617. The molecule has 0 aromatic heterocycles. The Labute approximate surface area is 140 Å². The van der Waals surface area contributed by atoms with Gasteiger partial charge < -0.3 is 14.2 Å². The van der Waals surface area contributed by atoms with E-state index in [1.807, 2.05) is 0 Å². The summed E-state index contributed by atoms with van der Waals surface area (Å²) in [5.41, 5.74) is 0.982. The van der Waals surface area contributed by atoms with Crippen molar-refractivity contribution in [2.45, 2.75) is 0 Å². The highest BCUT2D eigenvalue weighted by atomic mass is 35.5. The predicted molar refractivity (Wildman–Crippen MR) is 84.6 cm³/mol. The second kappa shape index (κ2) is 5.65. The van der Waals surface area contributed by atoms with E-state index in [-0.39, 0.29) is 18.4 Å². The minimum absolute atomic E-state index is 0.0441. The number of esters is 1. The van der Waals surface area contributed by atoms with Crippen molar-refractivity contribution in [2.75, 3.05) is 6.79 Å². The van der Waals surface area contributed by atoms with Gasteiger partial charge in [0.2, 0.25) is 12.7 Å². The smallest absolute Gasteiger partial charge is 0.363 e. The molecule has 2 heterocycles. The lowest BCUT2D eigenvalue weighted by Gasteiger charge is -2.01. The van der Waals surface area contributed by atoms with Gasteiger partial charge in [-0.25, -0.2) is 14.2 Å². The standard InChI is InChI=1S/C17H9ClFNO4/c18-12-7-15-14(22-8-23-15)6-10(12)5-13-17(21)24-16(20-13)9-2-1-3-11(19)4-9/h1-7H,8H2. The SMILES string of the molecule is O=C1OC(c2cccc(F)c2)=NC1=Cc1cc2c(cc1Cl)OCO2. The highest BCUT2D eigenvalue weighted by Gasteiger charge is 2.25. The number of hydrogen-bond donors (Lipinski definition) is 0. The molecule has 2 aliphatic heterocycles. The Hall–Kier alpha value is -2.86. The minimum Gasteiger partial charge on any atom is -0.454 e. The number of halogens is 2. The maximum absolute atomic E-state index is 13.3. The van der Waals surface area contributed by atoms with Crippen LogP contribution in [0.5, 0.6) is 11.5 Å². The molecule has 7 heteroatoms. The molecule has 0 saturated carbocycles. The molecule has 0 fully saturated rings. The third-order valence-corrected chi connectivity index (χ3v) is 3.80. The lowest BCUT2D eigenvalue weighted by atomic mass is 10.1. The van der Waals surface area contributed by atoms with Gasteiger partial charge in [-0.3, -0.25) is 0 Å². The van der Waals surface area contributed by atoms with Crippen molar-refractivity contribution in [3.05, 3.63) is 64.1 Å². The van der Waals surface area contributed by atoms with Crippen LogP contribution in [0.3, 0.4) is 0 Å². The Kier molecular flexibility index (Phi) is 3.46. The number of nitrogens with zero attached hydrogens (tertiary/aromatic N) is 1. The number of hydrogen-bond acceptors (Lipinski definition) is 5. The van der Waals surface area contributed by atoms with Gasteiger partial charge in [-0.15, -0.1) is 0 Å². The number of carbonyl (C=O) groups is 1. The Balaban J connectivity index is 1.71. The largest absolute Gasteiger partial charge is 0.454 e. The molecule has 0 aliphatic carbocycles. The normalized spacial score (nSPS) is 17.2. The Morgan fingerprint density at radius 2 is 1.96 bits per heavy atom. The third-order valence-electron chi connectivity index (χ3n) is 3.48. The first-order valence-electron chi connectivity index (χ1n) is 6.98. The third kappa shape index (κ3) is 2.61. The fourth-order valence-corrected chi connectivity index (χ4v) is 2.55. The fourth-order valence-electron chi connectivity index (χ4n) is 2.34. The van der Waals surface area contributed by atoms with Crippen molar-refractivity contribution in [1.29, 1.82) is 0 Å². The van der Waals surface area contributed by atoms with E-state index in [0.29, 0.717) is 27.6 Å². The van der Waals surface area contributed by atoms with Gasteiger partial charge in [-0.05, 0) is 35.9 Å². The lowest BCUT2D eigenvalue weighted by Crippen LogP contribution is -2.05. The molecule has 2 aliphatic rings. The first-order chi connectivity index (χ1) is 11.6. The first kappa shape index (κ1) is 14.7. The van der Waals surface area contributed by atoms with Crippen molar-refractivity contribution in [2.24, 2.45) is 4.99 Å². The molecule has 0 radical (unpaired) electrons. The predicted octanol–water partition coefficient (Wildman–Crippen LogP) is 3.55. The van der Waals surface area contributed by atoms with E-state index in [1.54, 1.807) is 18.2 Å². The van der Waals surface area contributed by atoms with E-state index < -0.39 is 11.8 Å². The second-order valence-electron chi connectivity index (χ2n) is 5.07. The summed E-state index contributed by atoms with van der Waals surface area (Å²) >= 11 is 6.18. The van der Waals surface area contributed by atoms with Crippen molar-refractivity contribution in [3.8, 4) is 11.5 Å². The number of cyclic esters (lactones) is 1. The number of aliphatic imine (C=N–C) groups is 1. The van der Waals surface area contributed by atoms with Gasteiger partial charge in [0.15, 0.2) is 17.2 Å². The van der Waals surface area contributed by atoms with E-state index in [4.69, 9.17) is 25.8 Å². The van der Waals surface area contributed by atoms with E-state index in [1.165, 1.54) is 24.3 Å². The molecule has 0 unspecified atom stereocenters. The average molecular weight is 346 g/mol. The van der Waals surface area contributed by atoms with Crippen LogP contribution in [0.1, 0.15) is 11.1 Å². The molecule has 0 atom stereocenters. The summed E-state index contributed by atoms with van der Waals surface area (Å²) in [6.07, 6.45) is 1.49. The molecule has 5 nitrogen and oxygen atoms in total. The number of benzene rings is 2. The molecule has 0 spiro atoms. The van der Waals surface area contributed by atoms with Crippen LogP contribution in [-0.2, 0) is 9.53 Å². The maximum Gasteiger partial charge on any atom is 0.363 e. The number of carbonyl (C=O) groups excluding carboxylic acids is 1. The van der Waals surface area contributed by atoms with Gasteiger partial charge in [-0.1, -0.05) is 17.7 Å². The highest BCUT2D eigenvalue weighted by molar-refractivity contribution is 6.32. The molecule has 2 aromatic rings. The van der Waals surface area contributed by atoms with Gasteiger partial charge in [-0.2, -0.15) is 0 Å². The fraction of sp³-hybridized carbons (Fsp3) is 0.0588. The Bertz CT molecular complexity index is 923. The van der Waals surface area contributed by atoms with Crippen LogP contribution in [0.15, 0.2) is 47.1 Å². The van der Waals surface area contributed by atoms with Crippen molar-refractivity contribution >= 4 is 29.5 Å². The molecular formula is C17H9ClFNO4. The summed E-state index contributed by atoms with van der Waals surface area (Å²) in [7, 11) is 0. The number of rotatable bonds is 2. The maximum atomic E-state index is 13.3. The van der Waals surface area contributed by atoms with Gasteiger partial charge in [0, 0.05) is 11.6 Å². The lowest BCUT2D eigenvalue weighted by molar-refractivity contribution is -0.129. The van der Waals surface area contributed by atoms with Gasteiger partial charge >= 0.3 is 5.97 Å². The van der Waals surface area contributed by atoms with E-state index in [9.17, 15) is 9.18 Å². The summed E-state index contributed by atoms with van der Waals surface area (Å²) in [4.78, 5) is 16.1. The van der Waals surface area contributed by atoms with Crippen LogP contribution < -0.4 is 9.47 Å². The molecule has 24 heavy (non-hydrogen) atoms. The highest BCUT2D eigenvalue weighted by Crippen LogP contribution is 2.37. The summed E-state index contributed by atoms with van der Waals surface area (Å²) in [5, 5.41) is 0.383.